The highest BCUT2D eigenvalue weighted by atomic mass is 19.0. The lowest BCUT2D eigenvalue weighted by Gasteiger charge is -2.10. The van der Waals surface area contributed by atoms with E-state index in [9.17, 15) is 0 Å². The average Bonchev–Trinajstić information content (AvgIpc) is 2.81. The van der Waals surface area contributed by atoms with Crippen LogP contribution < -0.4 is 10.0 Å². The first-order valence-electron chi connectivity index (χ1n) is 6.33. The molecule has 2 nitrogen and oxygen atoms in total. The van der Waals surface area contributed by atoms with Gasteiger partial charge >= 0.3 is 0 Å². The molecule has 0 saturated carbocycles. The van der Waals surface area contributed by atoms with Crippen LogP contribution in [-0.4, -0.2) is 13.6 Å². The Morgan fingerprint density at radius 3 is 2.53 bits per heavy atom. The van der Waals surface area contributed by atoms with Gasteiger partial charge in [-0.05, 0) is 31.2 Å². The highest BCUT2D eigenvalue weighted by Gasteiger charge is 2.49. The number of hydrogen-bond donors (Lipinski definition) is 1. The van der Waals surface area contributed by atoms with Crippen molar-refractivity contribution in [3.05, 3.63) is 23.8 Å². The number of aryl methyl sites for hydroxylation is 1. The van der Waals surface area contributed by atoms with Crippen molar-refractivity contribution in [2.75, 3.05) is 13.6 Å². The van der Waals surface area contributed by atoms with Crippen LogP contribution in [0, 0.1) is 5.92 Å². The van der Waals surface area contributed by atoms with E-state index in [0.717, 1.165) is 17.1 Å². The predicted molar refractivity (Wildman–Crippen MR) is 73.2 cm³/mol. The largest absolute Gasteiger partial charge is 0.269 e. The molecule has 0 fully saturated rings. The van der Waals surface area contributed by atoms with Gasteiger partial charge in [0, 0.05) is 18.7 Å². The number of nitrogens with one attached hydrogen (secondary N) is 1. The lowest BCUT2D eigenvalue weighted by atomic mass is 10.0. The zero-order valence-corrected chi connectivity index (χ0v) is 11.3. The minimum Gasteiger partial charge on any atom is -0.269 e. The average molecular weight is 239 g/mol. The van der Waals surface area contributed by atoms with Crippen molar-refractivity contribution in [3.8, 4) is 0 Å². The Hall–Kier alpha value is -0.930. The van der Waals surface area contributed by atoms with E-state index >= 15 is 0 Å². The lowest BCUT2D eigenvalue weighted by Crippen LogP contribution is -2.40. The molecule has 1 unspecified atom stereocenters. The van der Waals surface area contributed by atoms with Crippen LogP contribution in [0.3, 0.4) is 0 Å². The molecule has 1 heterocycles. The van der Waals surface area contributed by atoms with Gasteiger partial charge in [-0.1, -0.05) is 19.9 Å². The summed E-state index contributed by atoms with van der Waals surface area (Å²) in [4.78, 5) is 0. The molecule has 1 aromatic carbocycles. The molecule has 1 aliphatic rings. The topological polar surface area (TPSA) is 12.0 Å². The standard InChI is InChI=1S/C14H23N2.FH/c1-5-15-16(4)13-9-8-12(10-14(13)16)7-6-11(2)3;/h8-11,15H,5-7H2,1-4H3;1H/q+1;. The van der Waals surface area contributed by atoms with E-state index in [4.69, 9.17) is 0 Å². The summed E-state index contributed by atoms with van der Waals surface area (Å²) < 4.78 is 0.845. The molecule has 2 rings (SSSR count). The quantitative estimate of drug-likeness (QED) is 0.612. The minimum absolute atomic E-state index is 0. The molecule has 1 aromatic rings. The molecule has 96 valence electrons. The van der Waals surface area contributed by atoms with Crippen LogP contribution in [0.2, 0.25) is 0 Å². The Balaban J connectivity index is 0.00000144. The van der Waals surface area contributed by atoms with Crippen molar-refractivity contribution in [1.82, 2.24) is 10.0 Å². The molecular formula is C14H24FN2+. The second kappa shape index (κ2) is 5.15. The molecule has 1 N–H and O–H groups in total. The zero-order chi connectivity index (χ0) is 11.8. The van der Waals surface area contributed by atoms with Crippen molar-refractivity contribution in [3.63, 3.8) is 0 Å². The number of nitrogens with zero attached hydrogens (tertiary/aromatic N) is 1. The second-order valence-corrected chi connectivity index (χ2v) is 5.27. The monoisotopic (exact) mass is 239 g/mol. The predicted octanol–water partition coefficient (Wildman–Crippen LogP) is 3.53. The van der Waals surface area contributed by atoms with Gasteiger partial charge in [-0.25, -0.2) is 0 Å². The van der Waals surface area contributed by atoms with Crippen molar-refractivity contribution in [1.29, 1.82) is 0 Å². The molecule has 0 aliphatic carbocycles. The number of halogens is 1. The summed E-state index contributed by atoms with van der Waals surface area (Å²) in [7, 11) is 2.22. The number of benzene rings is 1. The van der Waals surface area contributed by atoms with E-state index in [1.807, 2.05) is 0 Å². The maximum atomic E-state index is 3.49. The van der Waals surface area contributed by atoms with Gasteiger partial charge in [-0.2, -0.15) is 10.0 Å². The van der Waals surface area contributed by atoms with Crippen LogP contribution in [0.5, 0.6) is 0 Å². The molecular weight excluding hydrogens is 215 g/mol. The first-order chi connectivity index (χ1) is 7.58. The van der Waals surface area contributed by atoms with E-state index in [1.165, 1.54) is 29.8 Å². The van der Waals surface area contributed by atoms with Crippen molar-refractivity contribution in [2.45, 2.75) is 33.6 Å². The van der Waals surface area contributed by atoms with Gasteiger partial charge in [0.25, 0.3) is 0 Å². The fourth-order valence-electron chi connectivity index (χ4n) is 2.32. The Morgan fingerprint density at radius 2 is 1.94 bits per heavy atom. The molecule has 0 bridgehead atoms. The summed E-state index contributed by atoms with van der Waals surface area (Å²) in [6.45, 7) is 7.73. The van der Waals surface area contributed by atoms with Crippen LogP contribution in [0.25, 0.3) is 0 Å². The summed E-state index contributed by atoms with van der Waals surface area (Å²) >= 11 is 0. The van der Waals surface area contributed by atoms with Crippen molar-refractivity contribution >= 4 is 11.4 Å². The third-order valence-corrected chi connectivity index (χ3v) is 3.44. The summed E-state index contributed by atoms with van der Waals surface area (Å²) in [6.07, 6.45) is 2.49. The Bertz CT molecular complexity index is 390. The molecule has 0 spiro atoms. The van der Waals surface area contributed by atoms with Gasteiger partial charge < -0.3 is 0 Å². The fourth-order valence-corrected chi connectivity index (χ4v) is 2.32. The Morgan fingerprint density at radius 1 is 1.24 bits per heavy atom. The first-order valence-corrected chi connectivity index (χ1v) is 6.33. The highest BCUT2D eigenvalue weighted by Crippen LogP contribution is 2.52. The summed E-state index contributed by atoms with van der Waals surface area (Å²) in [5, 5.41) is 0. The summed E-state index contributed by atoms with van der Waals surface area (Å²) in [6, 6.07) is 6.91. The molecule has 17 heavy (non-hydrogen) atoms. The molecule has 0 saturated heterocycles. The number of quaternary nitrogens is 1. The van der Waals surface area contributed by atoms with E-state index in [2.05, 4.69) is 51.4 Å². The van der Waals surface area contributed by atoms with Gasteiger partial charge in [0.15, 0.2) is 0 Å². The van der Waals surface area contributed by atoms with E-state index in [0.29, 0.717) is 0 Å². The van der Waals surface area contributed by atoms with Gasteiger partial charge in [-0.3, -0.25) is 4.70 Å². The number of rotatable bonds is 5. The Kier molecular flexibility index (Phi) is 4.28. The van der Waals surface area contributed by atoms with Crippen LogP contribution >= 0.6 is 0 Å². The summed E-state index contributed by atoms with van der Waals surface area (Å²) in [5.74, 6) is 0.790. The first kappa shape index (κ1) is 14.1. The molecule has 1 aliphatic heterocycles. The van der Waals surface area contributed by atoms with Crippen molar-refractivity contribution < 1.29 is 4.70 Å². The number of fused-ring (bicyclic) bond motifs is 1. The van der Waals surface area contributed by atoms with Crippen LogP contribution in [0.15, 0.2) is 18.2 Å². The van der Waals surface area contributed by atoms with Gasteiger partial charge in [0.1, 0.15) is 0 Å². The fraction of sp³-hybridized carbons (Fsp3) is 0.571. The second-order valence-electron chi connectivity index (χ2n) is 5.27. The van der Waals surface area contributed by atoms with Gasteiger partial charge in [0.2, 0.25) is 11.4 Å². The van der Waals surface area contributed by atoms with E-state index in [1.54, 1.807) is 0 Å². The Labute approximate surface area is 104 Å². The third-order valence-electron chi connectivity index (χ3n) is 3.44. The zero-order valence-electron chi connectivity index (χ0n) is 11.3. The van der Waals surface area contributed by atoms with Crippen LogP contribution in [0.4, 0.5) is 16.1 Å². The normalized spacial score (nSPS) is 21.0. The maximum Gasteiger partial charge on any atom is 0.221 e. The van der Waals surface area contributed by atoms with Crippen LogP contribution in [-0.2, 0) is 6.42 Å². The molecule has 0 radical (unpaired) electrons. The lowest BCUT2D eigenvalue weighted by molar-refractivity contribution is 0.415. The SMILES string of the molecule is CCN[N+]1(C)c2ccc(CCC(C)C)cc21.F. The smallest absolute Gasteiger partial charge is 0.221 e. The minimum atomic E-state index is 0. The molecule has 3 heteroatoms. The molecule has 1 atom stereocenters. The van der Waals surface area contributed by atoms with Gasteiger partial charge in [0.05, 0.1) is 7.05 Å². The summed E-state index contributed by atoms with van der Waals surface area (Å²) in [5.41, 5.74) is 7.84. The van der Waals surface area contributed by atoms with E-state index in [-0.39, 0.29) is 4.70 Å². The maximum absolute atomic E-state index is 3.49. The van der Waals surface area contributed by atoms with Crippen molar-refractivity contribution in [2.24, 2.45) is 5.92 Å². The molecule has 0 aromatic heterocycles. The van der Waals surface area contributed by atoms with E-state index < -0.39 is 0 Å². The molecule has 0 amide bonds. The third kappa shape index (κ3) is 2.67. The number of hydrogen-bond acceptors (Lipinski definition) is 1. The van der Waals surface area contributed by atoms with Gasteiger partial charge in [-0.15, -0.1) is 0 Å². The highest BCUT2D eigenvalue weighted by molar-refractivity contribution is 5.86. The van der Waals surface area contributed by atoms with Crippen LogP contribution in [0.1, 0.15) is 32.8 Å².